The number of benzene rings is 3. The lowest BCUT2D eigenvalue weighted by molar-refractivity contribution is -0.118. The van der Waals surface area contributed by atoms with Gasteiger partial charge in [0.1, 0.15) is 5.75 Å². The van der Waals surface area contributed by atoms with Crippen molar-refractivity contribution < 1.29 is 14.3 Å². The number of morpholine rings is 1. The molecule has 6 nitrogen and oxygen atoms in total. The van der Waals surface area contributed by atoms with Crippen LogP contribution in [0.2, 0.25) is 0 Å². The average Bonchev–Trinajstić information content (AvgIpc) is 2.85. The summed E-state index contributed by atoms with van der Waals surface area (Å²) in [6, 6.07) is 21.6. The van der Waals surface area contributed by atoms with Crippen LogP contribution in [0.1, 0.15) is 16.7 Å². The summed E-state index contributed by atoms with van der Waals surface area (Å²) in [5.41, 5.74) is 6.07. The first-order valence-corrected chi connectivity index (χ1v) is 11.1. The minimum atomic E-state index is -0.197. The van der Waals surface area contributed by atoms with Crippen molar-refractivity contribution in [2.45, 2.75) is 13.8 Å². The van der Waals surface area contributed by atoms with E-state index >= 15 is 0 Å². The van der Waals surface area contributed by atoms with Crippen LogP contribution in [0.3, 0.4) is 0 Å². The number of nitrogens with zero attached hydrogens (tertiary/aromatic N) is 2. The lowest BCUT2D eigenvalue weighted by Gasteiger charge is -2.28. The molecule has 4 rings (SSSR count). The van der Waals surface area contributed by atoms with Crippen LogP contribution in [0.15, 0.2) is 71.7 Å². The highest BCUT2D eigenvalue weighted by Gasteiger charge is 2.10. The van der Waals surface area contributed by atoms with Gasteiger partial charge in [0.2, 0.25) is 0 Å². The Kier molecular flexibility index (Phi) is 7.37. The molecule has 1 amide bonds. The summed E-state index contributed by atoms with van der Waals surface area (Å²) in [7, 11) is 0. The van der Waals surface area contributed by atoms with E-state index < -0.39 is 0 Å². The van der Waals surface area contributed by atoms with E-state index in [2.05, 4.69) is 27.3 Å². The van der Waals surface area contributed by atoms with Gasteiger partial charge in [0.05, 0.1) is 18.9 Å². The van der Waals surface area contributed by atoms with E-state index in [-0.39, 0.29) is 12.5 Å². The third kappa shape index (κ3) is 6.43. The van der Waals surface area contributed by atoms with E-state index in [1.165, 1.54) is 11.3 Å². The second kappa shape index (κ2) is 10.8. The van der Waals surface area contributed by atoms with Crippen LogP contribution in [-0.4, -0.2) is 45.0 Å². The van der Waals surface area contributed by atoms with Crippen molar-refractivity contribution in [2.75, 3.05) is 43.1 Å². The maximum Gasteiger partial charge on any atom is 0.262 e. The van der Waals surface area contributed by atoms with E-state index in [0.29, 0.717) is 5.75 Å². The highest BCUT2D eigenvalue weighted by Crippen LogP contribution is 2.21. The zero-order chi connectivity index (χ0) is 23.0. The Labute approximate surface area is 194 Å². The lowest BCUT2D eigenvalue weighted by Crippen LogP contribution is -2.36. The Bertz CT molecular complexity index is 1120. The van der Waals surface area contributed by atoms with Gasteiger partial charge in [-0.1, -0.05) is 18.2 Å². The molecule has 0 unspecified atom stereocenters. The molecule has 1 N–H and O–H groups in total. The Morgan fingerprint density at radius 3 is 2.58 bits per heavy atom. The molecule has 1 saturated heterocycles. The molecule has 170 valence electrons. The number of ether oxygens (including phenoxy) is 2. The van der Waals surface area contributed by atoms with Gasteiger partial charge in [0, 0.05) is 30.7 Å². The van der Waals surface area contributed by atoms with E-state index in [0.717, 1.165) is 48.8 Å². The van der Waals surface area contributed by atoms with Gasteiger partial charge in [0.25, 0.3) is 5.91 Å². The number of hydrogen-bond donors (Lipinski definition) is 1. The van der Waals surface area contributed by atoms with E-state index in [1.54, 1.807) is 6.21 Å². The number of carbonyl (C=O) groups is 1. The zero-order valence-corrected chi connectivity index (χ0v) is 19.1. The molecule has 1 aliphatic rings. The number of carbonyl (C=O) groups excluding carboxylic acids is 1. The van der Waals surface area contributed by atoms with Crippen molar-refractivity contribution in [3.8, 4) is 5.75 Å². The molecule has 0 bridgehead atoms. The standard InChI is InChI=1S/C27H29N3O3/c1-20-6-7-24(16-21(20)2)29-27(31)19-33-26-5-3-4-22(17-26)18-28-23-8-10-25(11-9-23)30-12-14-32-15-13-30/h3-11,16-18H,12-15,19H2,1-2H3,(H,29,31). The van der Waals surface area contributed by atoms with Gasteiger partial charge in [-0.2, -0.15) is 0 Å². The fourth-order valence-corrected chi connectivity index (χ4v) is 3.57. The monoisotopic (exact) mass is 443 g/mol. The highest BCUT2D eigenvalue weighted by atomic mass is 16.5. The van der Waals surface area contributed by atoms with Gasteiger partial charge in [-0.3, -0.25) is 9.79 Å². The van der Waals surface area contributed by atoms with Gasteiger partial charge in [-0.25, -0.2) is 0 Å². The smallest absolute Gasteiger partial charge is 0.262 e. The van der Waals surface area contributed by atoms with E-state index in [1.807, 2.05) is 68.4 Å². The second-order valence-electron chi connectivity index (χ2n) is 8.08. The molecule has 3 aromatic rings. The molecule has 0 saturated carbocycles. The van der Waals surface area contributed by atoms with Crippen molar-refractivity contribution in [2.24, 2.45) is 4.99 Å². The van der Waals surface area contributed by atoms with Crippen LogP contribution in [-0.2, 0) is 9.53 Å². The lowest BCUT2D eigenvalue weighted by atomic mass is 10.1. The van der Waals surface area contributed by atoms with Gasteiger partial charge in [-0.15, -0.1) is 0 Å². The second-order valence-corrected chi connectivity index (χ2v) is 8.08. The topological polar surface area (TPSA) is 63.2 Å². The molecule has 6 heteroatoms. The average molecular weight is 444 g/mol. The molecule has 0 aromatic heterocycles. The quantitative estimate of drug-likeness (QED) is 0.527. The van der Waals surface area contributed by atoms with Crippen molar-refractivity contribution >= 4 is 29.2 Å². The summed E-state index contributed by atoms with van der Waals surface area (Å²) in [6.45, 7) is 7.37. The summed E-state index contributed by atoms with van der Waals surface area (Å²) in [5.74, 6) is 0.425. The molecule has 0 aliphatic carbocycles. The van der Waals surface area contributed by atoms with Crippen LogP contribution >= 0.6 is 0 Å². The molecular formula is C27H29N3O3. The largest absolute Gasteiger partial charge is 0.484 e. The summed E-state index contributed by atoms with van der Waals surface area (Å²) < 4.78 is 11.1. The Hall–Kier alpha value is -3.64. The predicted molar refractivity (Wildman–Crippen MR) is 133 cm³/mol. The molecule has 0 spiro atoms. The fraction of sp³-hybridized carbons (Fsp3) is 0.259. The van der Waals surface area contributed by atoms with Gasteiger partial charge in [-0.05, 0) is 79.1 Å². The SMILES string of the molecule is Cc1ccc(NC(=O)COc2cccc(C=Nc3ccc(N4CCOCC4)cc3)c2)cc1C. The Morgan fingerprint density at radius 1 is 1.03 bits per heavy atom. The Morgan fingerprint density at radius 2 is 1.82 bits per heavy atom. The molecular weight excluding hydrogens is 414 g/mol. The minimum absolute atomic E-state index is 0.0590. The van der Waals surface area contributed by atoms with Crippen molar-refractivity contribution in [3.63, 3.8) is 0 Å². The minimum Gasteiger partial charge on any atom is -0.484 e. The number of aryl methyl sites for hydroxylation is 2. The van der Waals surface area contributed by atoms with Crippen LogP contribution < -0.4 is 15.0 Å². The number of nitrogens with one attached hydrogen (secondary N) is 1. The van der Waals surface area contributed by atoms with Crippen molar-refractivity contribution in [1.29, 1.82) is 0 Å². The van der Waals surface area contributed by atoms with Crippen LogP contribution in [0.5, 0.6) is 5.75 Å². The van der Waals surface area contributed by atoms with Gasteiger partial charge < -0.3 is 19.7 Å². The van der Waals surface area contributed by atoms with Crippen molar-refractivity contribution in [1.82, 2.24) is 0 Å². The molecule has 0 atom stereocenters. The molecule has 1 fully saturated rings. The van der Waals surface area contributed by atoms with Crippen LogP contribution in [0, 0.1) is 13.8 Å². The summed E-state index contributed by atoms with van der Waals surface area (Å²) in [4.78, 5) is 19.1. The number of aliphatic imine (C=N–C) groups is 1. The summed E-state index contributed by atoms with van der Waals surface area (Å²) >= 11 is 0. The maximum atomic E-state index is 12.2. The zero-order valence-electron chi connectivity index (χ0n) is 19.1. The normalized spacial score (nSPS) is 13.8. The van der Waals surface area contributed by atoms with Gasteiger partial charge >= 0.3 is 0 Å². The molecule has 0 radical (unpaired) electrons. The number of anilines is 2. The number of rotatable bonds is 7. The third-order valence-electron chi connectivity index (χ3n) is 5.61. The van der Waals surface area contributed by atoms with E-state index in [9.17, 15) is 4.79 Å². The Balaban J connectivity index is 1.31. The molecule has 1 heterocycles. The number of hydrogen-bond acceptors (Lipinski definition) is 5. The predicted octanol–water partition coefficient (Wildman–Crippen LogP) is 4.91. The fourth-order valence-electron chi connectivity index (χ4n) is 3.57. The number of amides is 1. The third-order valence-corrected chi connectivity index (χ3v) is 5.61. The summed E-state index contributed by atoms with van der Waals surface area (Å²) in [6.07, 6.45) is 1.80. The van der Waals surface area contributed by atoms with Crippen molar-refractivity contribution in [3.05, 3.63) is 83.4 Å². The van der Waals surface area contributed by atoms with Gasteiger partial charge in [0.15, 0.2) is 6.61 Å². The highest BCUT2D eigenvalue weighted by molar-refractivity contribution is 5.92. The first-order chi connectivity index (χ1) is 16.1. The molecule has 3 aromatic carbocycles. The first kappa shape index (κ1) is 22.6. The molecule has 33 heavy (non-hydrogen) atoms. The maximum absolute atomic E-state index is 12.2. The van der Waals surface area contributed by atoms with E-state index in [4.69, 9.17) is 9.47 Å². The first-order valence-electron chi connectivity index (χ1n) is 11.1. The summed E-state index contributed by atoms with van der Waals surface area (Å²) in [5, 5.41) is 2.87. The van der Waals surface area contributed by atoms with Crippen LogP contribution in [0.4, 0.5) is 17.1 Å². The molecule has 1 aliphatic heterocycles. The van der Waals surface area contributed by atoms with Crippen LogP contribution in [0.25, 0.3) is 0 Å².